The fourth-order valence-corrected chi connectivity index (χ4v) is 2.70. The molecule has 0 spiro atoms. The molecule has 2 atom stereocenters. The van der Waals surface area contributed by atoms with Crippen LogP contribution in [0.3, 0.4) is 0 Å². The molecule has 0 aliphatic carbocycles. The Labute approximate surface area is 141 Å². The zero-order chi connectivity index (χ0) is 17.6. The van der Waals surface area contributed by atoms with Crippen LogP contribution in [0.1, 0.15) is 59.1 Å². The van der Waals surface area contributed by atoms with E-state index in [0.717, 1.165) is 13.0 Å². The van der Waals surface area contributed by atoms with Crippen LogP contribution in [0.2, 0.25) is 0 Å². The van der Waals surface area contributed by atoms with Crippen LogP contribution in [0.5, 0.6) is 0 Å². The molecule has 0 amide bonds. The van der Waals surface area contributed by atoms with E-state index in [0.29, 0.717) is 18.3 Å². The zero-order valence-corrected chi connectivity index (χ0v) is 15.5. The predicted octanol–water partition coefficient (Wildman–Crippen LogP) is 4.25. The smallest absolute Gasteiger partial charge is 0.320 e. The molecule has 1 aromatic carbocycles. The summed E-state index contributed by atoms with van der Waals surface area (Å²) in [7, 11) is 0. The largest absolute Gasteiger partial charge is 0.480 e. The van der Waals surface area contributed by atoms with E-state index in [1.807, 2.05) is 0 Å². The van der Waals surface area contributed by atoms with Gasteiger partial charge in [0.15, 0.2) is 0 Å². The van der Waals surface area contributed by atoms with Crippen molar-refractivity contribution in [3.05, 3.63) is 35.4 Å². The Balaban J connectivity index is 2.52. The molecule has 0 radical (unpaired) electrons. The van der Waals surface area contributed by atoms with Crippen LogP contribution in [-0.4, -0.2) is 23.7 Å². The van der Waals surface area contributed by atoms with Crippen LogP contribution >= 0.6 is 0 Å². The minimum atomic E-state index is -0.750. The maximum absolute atomic E-state index is 11.3. The number of hydrogen-bond acceptors (Lipinski definition) is 2. The number of carboxylic acids is 1. The van der Waals surface area contributed by atoms with Crippen LogP contribution in [-0.2, 0) is 16.6 Å². The second-order valence-corrected chi connectivity index (χ2v) is 8.18. The van der Waals surface area contributed by atoms with E-state index in [1.54, 1.807) is 0 Å². The van der Waals surface area contributed by atoms with Gasteiger partial charge in [0.25, 0.3) is 0 Å². The second kappa shape index (κ2) is 8.49. The summed E-state index contributed by atoms with van der Waals surface area (Å²) in [6.07, 6.45) is 1.63. The molecular weight excluding hydrogens is 286 g/mol. The molecule has 0 bridgehead atoms. The lowest BCUT2D eigenvalue weighted by molar-refractivity contribution is -0.140. The van der Waals surface area contributed by atoms with Crippen molar-refractivity contribution < 1.29 is 9.90 Å². The molecule has 0 aliphatic heterocycles. The summed E-state index contributed by atoms with van der Waals surface area (Å²) in [5.41, 5.74) is 2.83. The van der Waals surface area contributed by atoms with Gasteiger partial charge in [0, 0.05) is 0 Å². The fourth-order valence-electron chi connectivity index (χ4n) is 2.70. The SMILES string of the molecule is CC(C)CC(NCC(C)Cc1ccc(C(C)(C)C)cc1)C(=O)O. The van der Waals surface area contributed by atoms with Crippen LogP contribution < -0.4 is 5.32 Å². The second-order valence-electron chi connectivity index (χ2n) is 8.18. The number of carbonyl (C=O) groups is 1. The van der Waals surface area contributed by atoms with Crippen molar-refractivity contribution in [2.24, 2.45) is 11.8 Å². The highest BCUT2D eigenvalue weighted by atomic mass is 16.4. The molecule has 0 fully saturated rings. The van der Waals surface area contributed by atoms with Crippen LogP contribution in [0, 0.1) is 11.8 Å². The molecule has 3 nitrogen and oxygen atoms in total. The first kappa shape index (κ1) is 19.7. The summed E-state index contributed by atoms with van der Waals surface area (Å²) >= 11 is 0. The maximum atomic E-state index is 11.3. The molecule has 0 aliphatic rings. The molecule has 0 saturated carbocycles. The number of hydrogen-bond donors (Lipinski definition) is 2. The van der Waals surface area contributed by atoms with Crippen molar-refractivity contribution >= 4 is 5.97 Å². The van der Waals surface area contributed by atoms with Gasteiger partial charge in [-0.05, 0) is 47.8 Å². The van der Waals surface area contributed by atoms with Gasteiger partial charge in [-0.3, -0.25) is 4.79 Å². The van der Waals surface area contributed by atoms with Gasteiger partial charge in [0.2, 0.25) is 0 Å². The van der Waals surface area contributed by atoms with E-state index in [9.17, 15) is 9.90 Å². The van der Waals surface area contributed by atoms with Gasteiger partial charge >= 0.3 is 5.97 Å². The van der Waals surface area contributed by atoms with Gasteiger partial charge in [0.1, 0.15) is 6.04 Å². The monoisotopic (exact) mass is 319 g/mol. The van der Waals surface area contributed by atoms with Gasteiger partial charge < -0.3 is 10.4 Å². The van der Waals surface area contributed by atoms with Crippen molar-refractivity contribution in [2.45, 2.75) is 65.8 Å². The van der Waals surface area contributed by atoms with E-state index in [4.69, 9.17) is 0 Å². The van der Waals surface area contributed by atoms with Crippen molar-refractivity contribution in [3.63, 3.8) is 0 Å². The van der Waals surface area contributed by atoms with E-state index >= 15 is 0 Å². The lowest BCUT2D eigenvalue weighted by Gasteiger charge is -2.21. The Bertz CT molecular complexity index is 485. The molecule has 0 heterocycles. The number of nitrogens with one attached hydrogen (secondary N) is 1. The normalized spacial score (nSPS) is 14.7. The third-order valence-electron chi connectivity index (χ3n) is 4.12. The molecule has 23 heavy (non-hydrogen) atoms. The minimum absolute atomic E-state index is 0.178. The molecule has 0 saturated heterocycles. The Kier molecular flexibility index (Phi) is 7.27. The summed E-state index contributed by atoms with van der Waals surface area (Å²) in [6, 6.07) is 8.35. The topological polar surface area (TPSA) is 49.3 Å². The van der Waals surface area contributed by atoms with Gasteiger partial charge in [-0.1, -0.05) is 65.8 Å². The summed E-state index contributed by atoms with van der Waals surface area (Å²) < 4.78 is 0. The molecule has 130 valence electrons. The summed E-state index contributed by atoms with van der Waals surface area (Å²) in [5, 5.41) is 12.5. The number of benzene rings is 1. The average Bonchev–Trinajstić information content (AvgIpc) is 2.42. The average molecular weight is 319 g/mol. The molecule has 1 aromatic rings. The standard InChI is InChI=1S/C20H33NO2/c1-14(2)11-18(19(22)23)21-13-15(3)12-16-7-9-17(10-8-16)20(4,5)6/h7-10,14-15,18,21H,11-13H2,1-6H3,(H,22,23). The highest BCUT2D eigenvalue weighted by molar-refractivity contribution is 5.73. The molecular formula is C20H33NO2. The molecule has 2 unspecified atom stereocenters. The van der Waals surface area contributed by atoms with E-state index in [1.165, 1.54) is 11.1 Å². The first-order chi connectivity index (χ1) is 10.6. The molecule has 3 heteroatoms. The Morgan fingerprint density at radius 1 is 1.13 bits per heavy atom. The predicted molar refractivity (Wildman–Crippen MR) is 96.9 cm³/mol. The van der Waals surface area contributed by atoms with E-state index < -0.39 is 12.0 Å². The Morgan fingerprint density at radius 3 is 2.13 bits per heavy atom. The van der Waals surface area contributed by atoms with E-state index in [-0.39, 0.29) is 5.41 Å². The quantitative estimate of drug-likeness (QED) is 0.753. The Morgan fingerprint density at radius 2 is 1.70 bits per heavy atom. The van der Waals surface area contributed by atoms with Gasteiger partial charge in [0.05, 0.1) is 0 Å². The van der Waals surface area contributed by atoms with Gasteiger partial charge in [-0.2, -0.15) is 0 Å². The third-order valence-corrected chi connectivity index (χ3v) is 4.12. The van der Waals surface area contributed by atoms with Crippen LogP contribution in [0.25, 0.3) is 0 Å². The zero-order valence-electron chi connectivity index (χ0n) is 15.5. The third kappa shape index (κ3) is 7.17. The summed E-state index contributed by atoms with van der Waals surface area (Å²) in [5.74, 6) is 0.0359. The number of carboxylic acid groups (broad SMARTS) is 1. The first-order valence-corrected chi connectivity index (χ1v) is 8.65. The number of aliphatic carboxylic acids is 1. The van der Waals surface area contributed by atoms with E-state index in [2.05, 4.69) is 71.1 Å². The van der Waals surface area contributed by atoms with Crippen molar-refractivity contribution in [1.29, 1.82) is 0 Å². The van der Waals surface area contributed by atoms with Gasteiger partial charge in [-0.15, -0.1) is 0 Å². The summed E-state index contributed by atoms with van der Waals surface area (Å²) in [6.45, 7) is 13.7. The maximum Gasteiger partial charge on any atom is 0.320 e. The Hall–Kier alpha value is -1.35. The number of rotatable bonds is 8. The minimum Gasteiger partial charge on any atom is -0.480 e. The lowest BCUT2D eigenvalue weighted by atomic mass is 9.86. The van der Waals surface area contributed by atoms with Crippen molar-refractivity contribution in [1.82, 2.24) is 5.32 Å². The van der Waals surface area contributed by atoms with Crippen LogP contribution in [0.4, 0.5) is 0 Å². The molecule has 2 N–H and O–H groups in total. The van der Waals surface area contributed by atoms with Crippen molar-refractivity contribution in [3.8, 4) is 0 Å². The highest BCUT2D eigenvalue weighted by Gasteiger charge is 2.19. The van der Waals surface area contributed by atoms with Crippen LogP contribution in [0.15, 0.2) is 24.3 Å². The van der Waals surface area contributed by atoms with Gasteiger partial charge in [-0.25, -0.2) is 0 Å². The summed E-state index contributed by atoms with van der Waals surface area (Å²) in [4.78, 5) is 11.3. The first-order valence-electron chi connectivity index (χ1n) is 8.65. The fraction of sp³-hybridized carbons (Fsp3) is 0.650. The molecule has 1 rings (SSSR count). The molecule has 0 aromatic heterocycles. The van der Waals surface area contributed by atoms with Crippen molar-refractivity contribution in [2.75, 3.05) is 6.54 Å². The highest BCUT2D eigenvalue weighted by Crippen LogP contribution is 2.22. The lowest BCUT2D eigenvalue weighted by Crippen LogP contribution is -2.40.